The van der Waals surface area contributed by atoms with E-state index in [2.05, 4.69) is 11.8 Å². The van der Waals surface area contributed by atoms with Gasteiger partial charge in [-0.3, -0.25) is 9.69 Å². The van der Waals surface area contributed by atoms with Crippen molar-refractivity contribution in [2.24, 2.45) is 5.92 Å². The number of carbonyl (C=O) groups excluding carboxylic acids is 1. The SMILES string of the molecule is CC1Cc2cc(S(=O)(=O)N3CCN(C4CCCCC4)CC3)ccc2N1C(=O)C1CC1. The predicted molar refractivity (Wildman–Crippen MR) is 117 cm³/mol. The standard InChI is InChI=1S/C23H33N3O3S/c1-17-15-19-16-21(9-10-22(19)26(17)23(27)18-7-8-18)30(28,29)25-13-11-24(12-14-25)20-5-3-2-4-6-20/h9-10,16-18,20H,2-8,11-15H2,1H3. The molecule has 5 rings (SSSR count). The fourth-order valence-electron chi connectivity index (χ4n) is 5.54. The van der Waals surface area contributed by atoms with Crippen LogP contribution in [0.1, 0.15) is 57.4 Å². The highest BCUT2D eigenvalue weighted by Crippen LogP contribution is 2.40. The lowest BCUT2D eigenvalue weighted by Gasteiger charge is -2.40. The van der Waals surface area contributed by atoms with Crippen molar-refractivity contribution in [3.8, 4) is 0 Å². The van der Waals surface area contributed by atoms with Crippen LogP contribution in [-0.4, -0.2) is 61.8 Å². The van der Waals surface area contributed by atoms with Crippen LogP contribution in [0.5, 0.6) is 0 Å². The van der Waals surface area contributed by atoms with Crippen LogP contribution < -0.4 is 4.90 Å². The van der Waals surface area contributed by atoms with Gasteiger partial charge in [0.1, 0.15) is 0 Å². The zero-order valence-electron chi connectivity index (χ0n) is 17.9. The summed E-state index contributed by atoms with van der Waals surface area (Å²) in [4.78, 5) is 17.4. The first-order valence-electron chi connectivity index (χ1n) is 11.7. The van der Waals surface area contributed by atoms with E-state index in [0.29, 0.717) is 24.0 Å². The molecule has 1 aromatic rings. The van der Waals surface area contributed by atoms with Crippen LogP contribution >= 0.6 is 0 Å². The Morgan fingerprint density at radius 1 is 0.967 bits per heavy atom. The molecule has 1 amide bonds. The first-order chi connectivity index (χ1) is 14.4. The van der Waals surface area contributed by atoms with E-state index in [-0.39, 0.29) is 17.9 Å². The van der Waals surface area contributed by atoms with Gasteiger partial charge in [0, 0.05) is 49.9 Å². The molecule has 3 fully saturated rings. The lowest BCUT2D eigenvalue weighted by Crippen LogP contribution is -2.52. The Morgan fingerprint density at radius 3 is 2.33 bits per heavy atom. The third-order valence-electron chi connectivity index (χ3n) is 7.43. The molecule has 0 N–H and O–H groups in total. The number of rotatable bonds is 4. The number of hydrogen-bond donors (Lipinski definition) is 0. The highest BCUT2D eigenvalue weighted by Gasteiger charge is 2.40. The zero-order valence-corrected chi connectivity index (χ0v) is 18.7. The van der Waals surface area contributed by atoms with E-state index in [0.717, 1.165) is 43.6 Å². The molecule has 1 aromatic carbocycles. The van der Waals surface area contributed by atoms with Crippen LogP contribution in [0, 0.1) is 5.92 Å². The maximum atomic E-state index is 13.3. The number of amides is 1. The van der Waals surface area contributed by atoms with Crippen LogP contribution in [0.25, 0.3) is 0 Å². The Balaban J connectivity index is 1.30. The summed E-state index contributed by atoms with van der Waals surface area (Å²) in [6, 6.07) is 6.11. The second-order valence-electron chi connectivity index (χ2n) is 9.56. The van der Waals surface area contributed by atoms with E-state index in [1.807, 2.05) is 17.0 Å². The third-order valence-corrected chi connectivity index (χ3v) is 9.33. The van der Waals surface area contributed by atoms with Crippen LogP contribution in [0.15, 0.2) is 23.1 Å². The van der Waals surface area contributed by atoms with E-state index in [4.69, 9.17) is 0 Å². The van der Waals surface area contributed by atoms with Crippen molar-refractivity contribution in [3.63, 3.8) is 0 Å². The Morgan fingerprint density at radius 2 is 1.67 bits per heavy atom. The molecule has 2 saturated carbocycles. The largest absolute Gasteiger partial charge is 0.309 e. The third kappa shape index (κ3) is 3.69. The molecule has 1 atom stereocenters. The molecule has 6 nitrogen and oxygen atoms in total. The number of hydrogen-bond acceptors (Lipinski definition) is 4. The molecule has 1 unspecified atom stereocenters. The Kier molecular flexibility index (Phi) is 5.40. The van der Waals surface area contributed by atoms with Gasteiger partial charge in [-0.05, 0) is 62.8 Å². The Bertz CT molecular complexity index is 914. The molecule has 2 heterocycles. The quantitative estimate of drug-likeness (QED) is 0.735. The van der Waals surface area contributed by atoms with E-state index in [9.17, 15) is 13.2 Å². The second-order valence-corrected chi connectivity index (χ2v) is 11.5. The van der Waals surface area contributed by atoms with Crippen molar-refractivity contribution in [1.82, 2.24) is 9.21 Å². The van der Waals surface area contributed by atoms with Gasteiger partial charge in [0.2, 0.25) is 15.9 Å². The number of nitrogens with zero attached hydrogens (tertiary/aromatic N) is 3. The molecule has 30 heavy (non-hydrogen) atoms. The average molecular weight is 432 g/mol. The zero-order chi connectivity index (χ0) is 20.9. The molecular weight excluding hydrogens is 398 g/mol. The van der Waals surface area contributed by atoms with Crippen LogP contribution in [0.3, 0.4) is 0 Å². The van der Waals surface area contributed by atoms with Crippen molar-refractivity contribution in [3.05, 3.63) is 23.8 Å². The van der Waals surface area contributed by atoms with Crippen LogP contribution in [0.2, 0.25) is 0 Å². The van der Waals surface area contributed by atoms with Gasteiger partial charge in [0.25, 0.3) is 0 Å². The van der Waals surface area contributed by atoms with Gasteiger partial charge in [-0.15, -0.1) is 0 Å². The monoisotopic (exact) mass is 431 g/mol. The molecule has 164 valence electrons. The van der Waals surface area contributed by atoms with Gasteiger partial charge in [0.15, 0.2) is 0 Å². The average Bonchev–Trinajstić information content (AvgIpc) is 3.56. The van der Waals surface area contributed by atoms with Gasteiger partial charge in [0.05, 0.1) is 4.90 Å². The molecule has 7 heteroatoms. The van der Waals surface area contributed by atoms with E-state index in [1.165, 1.54) is 32.1 Å². The molecular formula is C23H33N3O3S. The lowest BCUT2D eigenvalue weighted by molar-refractivity contribution is -0.120. The summed E-state index contributed by atoms with van der Waals surface area (Å²) >= 11 is 0. The normalized spacial score (nSPS) is 26.7. The first kappa shape index (κ1) is 20.5. The summed E-state index contributed by atoms with van der Waals surface area (Å²) in [6.45, 7) is 4.85. The maximum Gasteiger partial charge on any atom is 0.243 e. The maximum absolute atomic E-state index is 13.3. The number of carbonyl (C=O) groups is 1. The van der Waals surface area contributed by atoms with Crippen LogP contribution in [0.4, 0.5) is 5.69 Å². The summed E-state index contributed by atoms with van der Waals surface area (Å²) in [5.41, 5.74) is 1.89. The minimum absolute atomic E-state index is 0.102. The highest BCUT2D eigenvalue weighted by atomic mass is 32.2. The fourth-order valence-corrected chi connectivity index (χ4v) is 7.01. The number of piperazine rings is 1. The van der Waals surface area contributed by atoms with E-state index in [1.54, 1.807) is 10.4 Å². The van der Waals surface area contributed by atoms with Crippen molar-refractivity contribution in [2.45, 2.75) is 75.3 Å². The minimum atomic E-state index is -3.49. The summed E-state index contributed by atoms with van der Waals surface area (Å²) < 4.78 is 28.3. The van der Waals surface area contributed by atoms with E-state index >= 15 is 0 Å². The summed E-state index contributed by atoms with van der Waals surface area (Å²) in [6.07, 6.45) is 9.15. The number of fused-ring (bicyclic) bond motifs is 1. The van der Waals surface area contributed by atoms with E-state index < -0.39 is 10.0 Å². The highest BCUT2D eigenvalue weighted by molar-refractivity contribution is 7.89. The minimum Gasteiger partial charge on any atom is -0.309 e. The molecule has 0 aromatic heterocycles. The van der Waals surface area contributed by atoms with Gasteiger partial charge in [-0.1, -0.05) is 19.3 Å². The van der Waals surface area contributed by atoms with Gasteiger partial charge >= 0.3 is 0 Å². The number of sulfonamides is 1. The van der Waals surface area contributed by atoms with Crippen molar-refractivity contribution < 1.29 is 13.2 Å². The van der Waals surface area contributed by atoms with Crippen LogP contribution in [-0.2, 0) is 21.2 Å². The summed E-state index contributed by atoms with van der Waals surface area (Å²) in [5.74, 6) is 0.373. The summed E-state index contributed by atoms with van der Waals surface area (Å²) in [7, 11) is -3.49. The molecule has 2 aliphatic carbocycles. The predicted octanol–water partition coefficient (Wildman–Crippen LogP) is 3.01. The molecule has 1 saturated heterocycles. The van der Waals surface area contributed by atoms with Gasteiger partial charge < -0.3 is 4.90 Å². The Hall–Kier alpha value is -1.44. The lowest BCUT2D eigenvalue weighted by atomic mass is 9.94. The van der Waals surface area contributed by atoms with Crippen molar-refractivity contribution in [2.75, 3.05) is 31.1 Å². The Labute approximate surface area is 180 Å². The molecule has 4 aliphatic rings. The van der Waals surface area contributed by atoms with Crippen molar-refractivity contribution in [1.29, 1.82) is 0 Å². The summed E-state index contributed by atoms with van der Waals surface area (Å²) in [5, 5.41) is 0. The molecule has 0 bridgehead atoms. The second kappa shape index (κ2) is 7.92. The molecule has 0 spiro atoms. The molecule has 0 radical (unpaired) electrons. The smallest absolute Gasteiger partial charge is 0.243 e. The van der Waals surface area contributed by atoms with Gasteiger partial charge in [-0.25, -0.2) is 8.42 Å². The number of anilines is 1. The fraction of sp³-hybridized carbons (Fsp3) is 0.696. The molecule has 2 aliphatic heterocycles. The van der Waals surface area contributed by atoms with Crippen molar-refractivity contribution >= 4 is 21.6 Å². The first-order valence-corrected chi connectivity index (χ1v) is 13.1. The topological polar surface area (TPSA) is 60.9 Å². The number of benzene rings is 1. The van der Waals surface area contributed by atoms with Gasteiger partial charge in [-0.2, -0.15) is 4.31 Å².